The van der Waals surface area contributed by atoms with Gasteiger partial charge >= 0.3 is 0 Å². The molecule has 0 aliphatic heterocycles. The van der Waals surface area contributed by atoms with Crippen LogP contribution >= 0.6 is 0 Å². The molecule has 0 aromatic heterocycles. The van der Waals surface area contributed by atoms with Crippen molar-refractivity contribution in [1.82, 2.24) is 5.32 Å². The normalized spacial score (nSPS) is 13.9. The van der Waals surface area contributed by atoms with Crippen LogP contribution in [0.15, 0.2) is 48.6 Å². The zero-order valence-corrected chi connectivity index (χ0v) is 35.8. The zero-order valence-electron chi connectivity index (χ0n) is 35.8. The van der Waals surface area contributed by atoms with E-state index in [0.29, 0.717) is 6.42 Å². The van der Waals surface area contributed by atoms with Gasteiger partial charge in [0.25, 0.3) is 0 Å². The molecule has 0 saturated heterocycles. The summed E-state index contributed by atoms with van der Waals surface area (Å²) < 4.78 is 0. The van der Waals surface area contributed by atoms with Crippen molar-refractivity contribution in [2.24, 2.45) is 0 Å². The minimum atomic E-state index is -0.962. The van der Waals surface area contributed by atoms with Crippen molar-refractivity contribution in [3.63, 3.8) is 0 Å². The van der Waals surface area contributed by atoms with E-state index in [9.17, 15) is 20.1 Å². The summed E-state index contributed by atoms with van der Waals surface area (Å²) >= 11 is 0. The second kappa shape index (κ2) is 44.0. The molecule has 0 aliphatic carbocycles. The molecule has 54 heavy (non-hydrogen) atoms. The van der Waals surface area contributed by atoms with Crippen LogP contribution in [0.2, 0.25) is 0 Å². The van der Waals surface area contributed by atoms with Crippen molar-refractivity contribution in [3.8, 4) is 0 Å². The van der Waals surface area contributed by atoms with Crippen molar-refractivity contribution >= 4 is 5.91 Å². The molecule has 0 aromatic rings. The van der Waals surface area contributed by atoms with Crippen LogP contribution in [0.1, 0.15) is 232 Å². The molecule has 0 fully saturated rings. The van der Waals surface area contributed by atoms with Crippen LogP contribution in [0.4, 0.5) is 0 Å². The fourth-order valence-electron chi connectivity index (χ4n) is 6.95. The number of carbonyl (C=O) groups excluding carboxylic acids is 1. The minimum absolute atomic E-state index is 0.00235. The molecule has 0 aliphatic rings. The lowest BCUT2D eigenvalue weighted by molar-refractivity contribution is -0.124. The van der Waals surface area contributed by atoms with Gasteiger partial charge in [0.15, 0.2) is 0 Å². The van der Waals surface area contributed by atoms with E-state index in [1.54, 1.807) is 6.08 Å². The van der Waals surface area contributed by atoms with Gasteiger partial charge in [0, 0.05) is 0 Å². The van der Waals surface area contributed by atoms with Gasteiger partial charge in [-0.25, -0.2) is 0 Å². The Morgan fingerprint density at radius 3 is 1.19 bits per heavy atom. The standard InChI is InChI=1S/C49H91NO4/c1-3-5-7-9-11-13-15-17-19-21-22-23-24-25-27-28-30-32-34-36-38-40-42-46(52)44-49(54)50-47(45-51)48(53)43-41-39-37-35-33-31-29-26-20-18-16-14-12-10-8-6-4-2/h20,25-27,33,35,41,43,46-48,51-53H,3-19,21-24,28-32,34,36-40,42,44-45H2,1-2H3,(H,50,54)/b26-20+,27-25-,35-33+,43-41+. The summed E-state index contributed by atoms with van der Waals surface area (Å²) in [5.74, 6) is -0.333. The number of amides is 1. The minimum Gasteiger partial charge on any atom is -0.394 e. The molecule has 0 aromatic carbocycles. The van der Waals surface area contributed by atoms with Gasteiger partial charge in [-0.2, -0.15) is 0 Å². The Balaban J connectivity index is 3.71. The van der Waals surface area contributed by atoms with Crippen LogP contribution in [0.25, 0.3) is 0 Å². The average molecular weight is 758 g/mol. The van der Waals surface area contributed by atoms with E-state index < -0.39 is 18.2 Å². The predicted octanol–water partition coefficient (Wildman–Crippen LogP) is 13.7. The van der Waals surface area contributed by atoms with Gasteiger partial charge < -0.3 is 20.6 Å². The van der Waals surface area contributed by atoms with Gasteiger partial charge in [-0.1, -0.05) is 204 Å². The molecule has 0 heterocycles. The molecular weight excluding hydrogens is 667 g/mol. The summed E-state index contributed by atoms with van der Waals surface area (Å²) in [5, 5.41) is 33.2. The Morgan fingerprint density at radius 1 is 0.463 bits per heavy atom. The summed E-state index contributed by atoms with van der Waals surface area (Å²) in [6.45, 7) is 4.20. The molecule has 3 atom stereocenters. The van der Waals surface area contributed by atoms with Crippen LogP contribution in [-0.2, 0) is 4.79 Å². The maximum Gasteiger partial charge on any atom is 0.222 e. The van der Waals surface area contributed by atoms with E-state index in [1.807, 2.05) is 6.08 Å². The number of hydrogen-bond acceptors (Lipinski definition) is 4. The number of carbonyl (C=O) groups is 1. The van der Waals surface area contributed by atoms with E-state index in [-0.39, 0.29) is 18.9 Å². The Kier molecular flexibility index (Phi) is 42.7. The van der Waals surface area contributed by atoms with E-state index in [1.165, 1.54) is 167 Å². The Bertz CT molecular complexity index is 881. The fraction of sp³-hybridized carbons (Fsp3) is 0.816. The van der Waals surface area contributed by atoms with Crippen LogP contribution in [0.5, 0.6) is 0 Å². The highest BCUT2D eigenvalue weighted by atomic mass is 16.3. The fourth-order valence-corrected chi connectivity index (χ4v) is 6.95. The van der Waals surface area contributed by atoms with E-state index in [2.05, 4.69) is 55.6 Å². The van der Waals surface area contributed by atoms with Crippen molar-refractivity contribution in [2.75, 3.05) is 6.61 Å². The first-order chi connectivity index (χ1) is 26.5. The highest BCUT2D eigenvalue weighted by Gasteiger charge is 2.20. The van der Waals surface area contributed by atoms with Gasteiger partial charge in [-0.05, 0) is 70.6 Å². The first-order valence-corrected chi connectivity index (χ1v) is 23.4. The van der Waals surface area contributed by atoms with Gasteiger partial charge in [0.1, 0.15) is 0 Å². The monoisotopic (exact) mass is 758 g/mol. The molecule has 1 amide bonds. The Hall–Kier alpha value is -1.69. The number of aliphatic hydroxyl groups is 3. The third-order valence-corrected chi connectivity index (χ3v) is 10.6. The molecule has 0 bridgehead atoms. The number of hydrogen-bond donors (Lipinski definition) is 4. The smallest absolute Gasteiger partial charge is 0.222 e. The zero-order chi connectivity index (χ0) is 39.4. The lowest BCUT2D eigenvalue weighted by Gasteiger charge is -2.21. The summed E-state index contributed by atoms with van der Waals surface area (Å²) in [4.78, 5) is 12.4. The Morgan fingerprint density at radius 2 is 0.796 bits per heavy atom. The van der Waals surface area contributed by atoms with E-state index in [0.717, 1.165) is 38.5 Å². The molecule has 0 radical (unpaired) electrons. The van der Waals surface area contributed by atoms with Gasteiger partial charge in [0.05, 0.1) is 31.3 Å². The molecular formula is C49H91NO4. The number of unbranched alkanes of at least 4 members (excludes halogenated alkanes) is 27. The summed E-state index contributed by atoms with van der Waals surface area (Å²) in [5.41, 5.74) is 0. The molecule has 0 rings (SSSR count). The largest absolute Gasteiger partial charge is 0.394 e. The first-order valence-electron chi connectivity index (χ1n) is 23.4. The third kappa shape index (κ3) is 40.0. The highest BCUT2D eigenvalue weighted by Crippen LogP contribution is 2.15. The van der Waals surface area contributed by atoms with Crippen molar-refractivity contribution in [1.29, 1.82) is 0 Å². The molecule has 5 nitrogen and oxygen atoms in total. The Labute approximate surface area is 336 Å². The lowest BCUT2D eigenvalue weighted by Crippen LogP contribution is -2.45. The third-order valence-electron chi connectivity index (χ3n) is 10.6. The number of rotatable bonds is 42. The van der Waals surface area contributed by atoms with Crippen LogP contribution in [0, 0.1) is 0 Å². The number of allylic oxidation sites excluding steroid dienone is 7. The topological polar surface area (TPSA) is 89.8 Å². The molecule has 5 heteroatoms. The maximum atomic E-state index is 12.4. The maximum absolute atomic E-state index is 12.4. The van der Waals surface area contributed by atoms with E-state index in [4.69, 9.17) is 0 Å². The summed E-state index contributed by atoms with van der Waals surface area (Å²) in [6.07, 6.45) is 56.9. The van der Waals surface area contributed by atoms with Crippen molar-refractivity contribution < 1.29 is 20.1 Å². The molecule has 0 spiro atoms. The number of aliphatic hydroxyl groups excluding tert-OH is 3. The predicted molar refractivity (Wildman–Crippen MR) is 236 cm³/mol. The molecule has 4 N–H and O–H groups in total. The van der Waals surface area contributed by atoms with Gasteiger partial charge in [-0.15, -0.1) is 0 Å². The van der Waals surface area contributed by atoms with Crippen LogP contribution in [0.3, 0.4) is 0 Å². The van der Waals surface area contributed by atoms with Gasteiger partial charge in [-0.3, -0.25) is 4.79 Å². The molecule has 3 unspecified atom stereocenters. The number of nitrogens with one attached hydrogen (secondary N) is 1. The van der Waals surface area contributed by atoms with Crippen LogP contribution < -0.4 is 5.32 Å². The van der Waals surface area contributed by atoms with Crippen molar-refractivity contribution in [3.05, 3.63) is 48.6 Å². The lowest BCUT2D eigenvalue weighted by atomic mass is 10.0. The summed E-state index contributed by atoms with van der Waals surface area (Å²) in [6, 6.07) is -0.770. The van der Waals surface area contributed by atoms with E-state index >= 15 is 0 Å². The summed E-state index contributed by atoms with van der Waals surface area (Å²) in [7, 11) is 0. The first kappa shape index (κ1) is 52.3. The highest BCUT2D eigenvalue weighted by molar-refractivity contribution is 5.76. The molecule has 0 saturated carbocycles. The SMILES string of the molecule is CCCCCCCCC/C=C/CC/C=C/CC/C=C/C(O)C(CO)NC(=O)CC(O)CCCCCCCC/C=C\CCCCCCCCCCCCCC. The van der Waals surface area contributed by atoms with Crippen molar-refractivity contribution in [2.45, 2.75) is 250 Å². The second-order valence-electron chi connectivity index (χ2n) is 16.0. The quantitative estimate of drug-likeness (QED) is 0.0369. The second-order valence-corrected chi connectivity index (χ2v) is 16.0. The van der Waals surface area contributed by atoms with Gasteiger partial charge in [0.2, 0.25) is 5.91 Å². The van der Waals surface area contributed by atoms with Crippen LogP contribution in [-0.4, -0.2) is 46.1 Å². The average Bonchev–Trinajstić information content (AvgIpc) is 3.16. The molecule has 316 valence electrons.